The van der Waals surface area contributed by atoms with Gasteiger partial charge in [-0.05, 0) is 59.5 Å². The standard InChI is InChI=1S/C28H27Cl2FN2O3/c1-2-3-4-25(34)32-33-26(19-7-11-21(29)12-8-19)27(20-9-13-22(30)14-10-20)36-24(28(33)35)17-18-5-15-23(31)16-6-18/h5-16,24,26-27H,2-4,17H2,1H3,(H,32,34)/t24-,26+,27-/m1/s1. The Labute approximate surface area is 220 Å². The van der Waals surface area contributed by atoms with Crippen molar-refractivity contribution in [2.45, 2.75) is 50.9 Å². The minimum atomic E-state index is -0.897. The lowest BCUT2D eigenvalue weighted by Gasteiger charge is -2.44. The molecule has 4 rings (SSSR count). The molecule has 8 heteroatoms. The summed E-state index contributed by atoms with van der Waals surface area (Å²) < 4.78 is 19.9. The molecule has 0 unspecified atom stereocenters. The van der Waals surface area contributed by atoms with Crippen LogP contribution in [0.15, 0.2) is 72.8 Å². The number of ether oxygens (including phenoxy) is 1. The Balaban J connectivity index is 1.75. The number of amides is 2. The van der Waals surface area contributed by atoms with Gasteiger partial charge in [0, 0.05) is 22.9 Å². The molecule has 3 aromatic rings. The molecule has 0 radical (unpaired) electrons. The van der Waals surface area contributed by atoms with Crippen LogP contribution in [0.2, 0.25) is 10.0 Å². The SMILES string of the molecule is CCCCC(=O)NN1C(=O)[C@@H](Cc2ccc(F)cc2)O[C@H](c2ccc(Cl)cc2)[C@@H]1c1ccc(Cl)cc1. The lowest BCUT2D eigenvalue weighted by atomic mass is 9.91. The molecule has 0 saturated carbocycles. The third kappa shape index (κ3) is 6.25. The lowest BCUT2D eigenvalue weighted by molar-refractivity contribution is -0.183. The van der Waals surface area contributed by atoms with Crippen LogP contribution in [0.3, 0.4) is 0 Å². The van der Waals surface area contributed by atoms with Crippen molar-refractivity contribution in [2.24, 2.45) is 0 Å². The van der Waals surface area contributed by atoms with Gasteiger partial charge in [0.25, 0.3) is 5.91 Å². The molecular weight excluding hydrogens is 502 g/mol. The number of hydrazine groups is 1. The fraction of sp³-hybridized carbons (Fsp3) is 0.286. The molecule has 5 nitrogen and oxygen atoms in total. The van der Waals surface area contributed by atoms with Crippen LogP contribution in [0.1, 0.15) is 55.0 Å². The number of morpholine rings is 1. The molecule has 0 spiro atoms. The van der Waals surface area contributed by atoms with Crippen molar-refractivity contribution in [1.29, 1.82) is 0 Å². The maximum Gasteiger partial charge on any atom is 0.271 e. The number of hydrogen-bond acceptors (Lipinski definition) is 3. The molecule has 1 N–H and O–H groups in total. The molecular formula is C28H27Cl2FN2O3. The van der Waals surface area contributed by atoms with E-state index in [1.807, 2.05) is 31.2 Å². The van der Waals surface area contributed by atoms with E-state index in [4.69, 9.17) is 27.9 Å². The first-order valence-electron chi connectivity index (χ1n) is 11.9. The van der Waals surface area contributed by atoms with Gasteiger partial charge in [-0.2, -0.15) is 0 Å². The van der Waals surface area contributed by atoms with Gasteiger partial charge in [0.1, 0.15) is 24.1 Å². The first kappa shape index (κ1) is 26.1. The van der Waals surface area contributed by atoms with E-state index < -0.39 is 18.2 Å². The molecule has 1 aliphatic rings. The summed E-state index contributed by atoms with van der Waals surface area (Å²) in [6.07, 6.45) is 0.561. The molecule has 1 heterocycles. The Morgan fingerprint density at radius 1 is 0.944 bits per heavy atom. The van der Waals surface area contributed by atoms with Gasteiger partial charge in [-0.3, -0.25) is 15.0 Å². The average Bonchev–Trinajstić information content (AvgIpc) is 2.87. The summed E-state index contributed by atoms with van der Waals surface area (Å²) in [4.78, 5) is 26.6. The number of hydrogen-bond donors (Lipinski definition) is 1. The quantitative estimate of drug-likeness (QED) is 0.358. The first-order valence-corrected chi connectivity index (χ1v) is 12.6. The van der Waals surface area contributed by atoms with Gasteiger partial charge < -0.3 is 4.74 Å². The van der Waals surface area contributed by atoms with Crippen LogP contribution in [0.4, 0.5) is 4.39 Å². The predicted octanol–water partition coefficient (Wildman–Crippen LogP) is 6.61. The number of carbonyl (C=O) groups excluding carboxylic acids is 2. The number of carbonyl (C=O) groups is 2. The van der Waals surface area contributed by atoms with E-state index in [0.717, 1.165) is 23.1 Å². The zero-order chi connectivity index (χ0) is 25.7. The summed E-state index contributed by atoms with van der Waals surface area (Å²) in [7, 11) is 0. The van der Waals surface area contributed by atoms with Crippen molar-refractivity contribution in [3.05, 3.63) is 105 Å². The van der Waals surface area contributed by atoms with Crippen molar-refractivity contribution < 1.29 is 18.7 Å². The monoisotopic (exact) mass is 528 g/mol. The van der Waals surface area contributed by atoms with Gasteiger partial charge in [0.05, 0.1) is 0 Å². The Kier molecular flexibility index (Phi) is 8.62. The topological polar surface area (TPSA) is 58.6 Å². The van der Waals surface area contributed by atoms with E-state index in [1.54, 1.807) is 36.4 Å². The normalized spacial score (nSPS) is 19.8. The zero-order valence-corrected chi connectivity index (χ0v) is 21.3. The van der Waals surface area contributed by atoms with Gasteiger partial charge in [-0.15, -0.1) is 0 Å². The number of benzene rings is 3. The van der Waals surface area contributed by atoms with Crippen molar-refractivity contribution in [3.8, 4) is 0 Å². The van der Waals surface area contributed by atoms with Crippen LogP contribution < -0.4 is 5.43 Å². The Morgan fingerprint density at radius 2 is 1.53 bits per heavy atom. The maximum atomic E-state index is 13.8. The summed E-state index contributed by atoms with van der Waals surface area (Å²) in [5.41, 5.74) is 5.14. The molecule has 36 heavy (non-hydrogen) atoms. The highest BCUT2D eigenvalue weighted by Gasteiger charge is 2.45. The zero-order valence-electron chi connectivity index (χ0n) is 19.8. The van der Waals surface area contributed by atoms with E-state index in [-0.39, 0.29) is 24.1 Å². The molecule has 1 fully saturated rings. The van der Waals surface area contributed by atoms with Crippen molar-refractivity contribution in [2.75, 3.05) is 0 Å². The second-order valence-electron chi connectivity index (χ2n) is 8.77. The molecule has 2 amide bonds. The predicted molar refractivity (Wildman–Crippen MR) is 138 cm³/mol. The third-order valence-corrected chi connectivity index (χ3v) is 6.64. The summed E-state index contributed by atoms with van der Waals surface area (Å²) in [5, 5.41) is 2.51. The van der Waals surface area contributed by atoms with Gasteiger partial charge >= 0.3 is 0 Å². The van der Waals surface area contributed by atoms with Crippen LogP contribution in [0, 0.1) is 5.82 Å². The molecule has 188 valence electrons. The maximum absolute atomic E-state index is 13.8. The van der Waals surface area contributed by atoms with Crippen molar-refractivity contribution in [3.63, 3.8) is 0 Å². The van der Waals surface area contributed by atoms with Crippen molar-refractivity contribution >= 4 is 35.0 Å². The Morgan fingerprint density at radius 3 is 2.11 bits per heavy atom. The Hall–Kier alpha value is -2.93. The summed E-state index contributed by atoms with van der Waals surface area (Å²) >= 11 is 12.3. The van der Waals surface area contributed by atoms with E-state index >= 15 is 0 Å². The first-order chi connectivity index (χ1) is 17.4. The molecule has 3 aromatic carbocycles. The third-order valence-electron chi connectivity index (χ3n) is 6.14. The smallest absolute Gasteiger partial charge is 0.271 e. The van der Waals surface area contributed by atoms with Crippen LogP contribution in [-0.2, 0) is 20.7 Å². The molecule has 0 bridgehead atoms. The molecule has 1 saturated heterocycles. The summed E-state index contributed by atoms with van der Waals surface area (Å²) in [6, 6.07) is 19.6. The van der Waals surface area contributed by atoms with Crippen LogP contribution in [0.5, 0.6) is 0 Å². The van der Waals surface area contributed by atoms with Crippen LogP contribution >= 0.6 is 23.2 Å². The van der Waals surface area contributed by atoms with Crippen LogP contribution in [-0.4, -0.2) is 22.9 Å². The highest BCUT2D eigenvalue weighted by Crippen LogP contribution is 2.42. The van der Waals surface area contributed by atoms with Crippen molar-refractivity contribution in [1.82, 2.24) is 10.4 Å². The fourth-order valence-electron chi connectivity index (χ4n) is 4.26. The fourth-order valence-corrected chi connectivity index (χ4v) is 4.51. The molecule has 1 aliphatic heterocycles. The van der Waals surface area contributed by atoms with E-state index in [0.29, 0.717) is 22.9 Å². The average molecular weight is 529 g/mol. The number of halogens is 3. The second kappa shape index (κ2) is 11.9. The number of unbranched alkanes of at least 4 members (excludes halogenated alkanes) is 1. The molecule has 3 atom stereocenters. The number of nitrogens with one attached hydrogen (secondary N) is 1. The second-order valence-corrected chi connectivity index (χ2v) is 9.64. The lowest BCUT2D eigenvalue weighted by Crippen LogP contribution is -2.58. The van der Waals surface area contributed by atoms with Gasteiger partial charge in [0.15, 0.2) is 0 Å². The van der Waals surface area contributed by atoms with E-state index in [2.05, 4.69) is 5.43 Å². The highest BCUT2D eigenvalue weighted by atomic mass is 35.5. The highest BCUT2D eigenvalue weighted by molar-refractivity contribution is 6.30. The molecule has 0 aliphatic carbocycles. The summed E-state index contributed by atoms with van der Waals surface area (Å²) in [6.45, 7) is 2.00. The van der Waals surface area contributed by atoms with Gasteiger partial charge in [-0.25, -0.2) is 9.40 Å². The van der Waals surface area contributed by atoms with E-state index in [1.165, 1.54) is 17.1 Å². The number of nitrogens with zero attached hydrogens (tertiary/aromatic N) is 1. The van der Waals surface area contributed by atoms with Crippen LogP contribution in [0.25, 0.3) is 0 Å². The van der Waals surface area contributed by atoms with Gasteiger partial charge in [0.2, 0.25) is 5.91 Å². The Bertz CT molecular complexity index is 1190. The van der Waals surface area contributed by atoms with E-state index in [9.17, 15) is 14.0 Å². The molecule has 0 aromatic heterocycles. The minimum Gasteiger partial charge on any atom is -0.357 e. The summed E-state index contributed by atoms with van der Waals surface area (Å²) in [5.74, 6) is -0.989. The minimum absolute atomic E-state index is 0.220. The number of rotatable bonds is 8. The largest absolute Gasteiger partial charge is 0.357 e. The van der Waals surface area contributed by atoms with Gasteiger partial charge in [-0.1, -0.05) is 72.9 Å².